The lowest BCUT2D eigenvalue weighted by molar-refractivity contribution is 0.0678. The fraction of sp³-hybridized carbons (Fsp3) is 1.00. The van der Waals surface area contributed by atoms with Gasteiger partial charge in [-0.05, 0) is 31.7 Å². The minimum Gasteiger partial charge on any atom is -0.329 e. The van der Waals surface area contributed by atoms with E-state index >= 15 is 0 Å². The monoisotopic (exact) mass is 240 g/mol. The Kier molecular flexibility index (Phi) is 6.50. The summed E-state index contributed by atoms with van der Waals surface area (Å²) in [7, 11) is 2.31. The summed E-state index contributed by atoms with van der Waals surface area (Å²) < 4.78 is 0. The summed E-state index contributed by atoms with van der Waals surface area (Å²) in [6.07, 6.45) is 8.10. The zero-order valence-corrected chi connectivity index (χ0v) is 12.3. The molecule has 0 saturated heterocycles. The van der Waals surface area contributed by atoms with Crippen molar-refractivity contribution in [2.75, 3.05) is 13.6 Å². The van der Waals surface area contributed by atoms with Gasteiger partial charge < -0.3 is 5.73 Å². The summed E-state index contributed by atoms with van der Waals surface area (Å²) >= 11 is 0. The van der Waals surface area contributed by atoms with Crippen LogP contribution < -0.4 is 5.73 Å². The van der Waals surface area contributed by atoms with Crippen molar-refractivity contribution in [3.63, 3.8) is 0 Å². The van der Waals surface area contributed by atoms with Gasteiger partial charge in [0.25, 0.3) is 0 Å². The lowest BCUT2D eigenvalue weighted by Gasteiger charge is -2.43. The van der Waals surface area contributed by atoms with Crippen LogP contribution >= 0.6 is 0 Å². The molecule has 1 saturated carbocycles. The van der Waals surface area contributed by atoms with Gasteiger partial charge in [-0.1, -0.05) is 46.5 Å². The summed E-state index contributed by atoms with van der Waals surface area (Å²) in [5, 5.41) is 0. The van der Waals surface area contributed by atoms with Crippen molar-refractivity contribution >= 4 is 0 Å². The van der Waals surface area contributed by atoms with Gasteiger partial charge in [0, 0.05) is 18.6 Å². The van der Waals surface area contributed by atoms with E-state index in [9.17, 15) is 0 Å². The Morgan fingerprint density at radius 2 is 1.76 bits per heavy atom. The molecular weight excluding hydrogens is 208 g/mol. The third kappa shape index (κ3) is 3.69. The SMILES string of the molecule is CCC(CC)C(CN)N(C)C1CCCCC1C. The molecule has 0 amide bonds. The molecule has 102 valence electrons. The number of rotatable bonds is 6. The van der Waals surface area contributed by atoms with Gasteiger partial charge in [-0.15, -0.1) is 0 Å². The normalized spacial score (nSPS) is 27.7. The van der Waals surface area contributed by atoms with Crippen LogP contribution in [-0.4, -0.2) is 30.6 Å². The highest BCUT2D eigenvalue weighted by Crippen LogP contribution is 2.30. The molecule has 2 nitrogen and oxygen atoms in total. The molecule has 2 N–H and O–H groups in total. The first-order chi connectivity index (χ1) is 8.15. The van der Waals surface area contributed by atoms with Crippen molar-refractivity contribution < 1.29 is 0 Å². The predicted molar refractivity (Wildman–Crippen MR) is 76.1 cm³/mol. The van der Waals surface area contributed by atoms with Gasteiger partial charge >= 0.3 is 0 Å². The van der Waals surface area contributed by atoms with Crippen LogP contribution in [0.1, 0.15) is 59.3 Å². The molecule has 3 atom stereocenters. The van der Waals surface area contributed by atoms with Gasteiger partial charge in [0.1, 0.15) is 0 Å². The molecule has 2 heteroatoms. The van der Waals surface area contributed by atoms with Crippen molar-refractivity contribution in [2.24, 2.45) is 17.6 Å². The fourth-order valence-corrected chi connectivity index (χ4v) is 3.67. The van der Waals surface area contributed by atoms with E-state index in [0.29, 0.717) is 6.04 Å². The molecule has 0 heterocycles. The molecule has 1 aliphatic rings. The number of nitrogens with two attached hydrogens (primary N) is 1. The predicted octanol–water partition coefficient (Wildman–Crippen LogP) is 3.26. The third-order valence-electron chi connectivity index (χ3n) is 4.95. The summed E-state index contributed by atoms with van der Waals surface area (Å²) in [4.78, 5) is 2.61. The van der Waals surface area contributed by atoms with E-state index in [2.05, 4.69) is 32.7 Å². The Morgan fingerprint density at radius 1 is 1.18 bits per heavy atom. The molecular formula is C15H32N2. The first-order valence-corrected chi connectivity index (χ1v) is 7.57. The molecule has 0 aromatic rings. The Labute approximate surface area is 108 Å². The minimum atomic E-state index is 0.579. The van der Waals surface area contributed by atoms with E-state index in [0.717, 1.165) is 24.4 Å². The van der Waals surface area contributed by atoms with Crippen molar-refractivity contribution in [3.8, 4) is 0 Å². The zero-order chi connectivity index (χ0) is 12.8. The van der Waals surface area contributed by atoms with Crippen LogP contribution in [0.15, 0.2) is 0 Å². The fourth-order valence-electron chi connectivity index (χ4n) is 3.67. The first-order valence-electron chi connectivity index (χ1n) is 7.57. The van der Waals surface area contributed by atoms with E-state index < -0.39 is 0 Å². The van der Waals surface area contributed by atoms with Crippen LogP contribution in [0.25, 0.3) is 0 Å². The van der Waals surface area contributed by atoms with Crippen LogP contribution in [0.4, 0.5) is 0 Å². The van der Waals surface area contributed by atoms with Crippen LogP contribution in [-0.2, 0) is 0 Å². The molecule has 0 aromatic carbocycles. The smallest absolute Gasteiger partial charge is 0.0246 e. The highest BCUT2D eigenvalue weighted by molar-refractivity contribution is 4.86. The first kappa shape index (κ1) is 15.0. The Bertz CT molecular complexity index is 201. The van der Waals surface area contributed by atoms with Crippen LogP contribution in [0.5, 0.6) is 0 Å². The highest BCUT2D eigenvalue weighted by Gasteiger charge is 2.31. The molecule has 17 heavy (non-hydrogen) atoms. The highest BCUT2D eigenvalue weighted by atomic mass is 15.2. The Morgan fingerprint density at radius 3 is 2.24 bits per heavy atom. The second-order valence-corrected chi connectivity index (χ2v) is 5.87. The maximum atomic E-state index is 6.04. The Hall–Kier alpha value is -0.0800. The molecule has 3 unspecified atom stereocenters. The second-order valence-electron chi connectivity index (χ2n) is 5.87. The summed E-state index contributed by atoms with van der Waals surface area (Å²) in [5.41, 5.74) is 6.04. The van der Waals surface area contributed by atoms with Crippen LogP contribution in [0.2, 0.25) is 0 Å². The van der Waals surface area contributed by atoms with Gasteiger partial charge in [0.2, 0.25) is 0 Å². The second kappa shape index (κ2) is 7.38. The maximum Gasteiger partial charge on any atom is 0.0246 e. The minimum absolute atomic E-state index is 0.579. The molecule has 1 rings (SSSR count). The van der Waals surface area contributed by atoms with E-state index in [-0.39, 0.29) is 0 Å². The lowest BCUT2D eigenvalue weighted by atomic mass is 9.82. The quantitative estimate of drug-likeness (QED) is 0.772. The summed E-state index contributed by atoms with van der Waals surface area (Å²) in [5.74, 6) is 1.61. The topological polar surface area (TPSA) is 29.3 Å². The van der Waals surface area contributed by atoms with Crippen LogP contribution in [0, 0.1) is 11.8 Å². The molecule has 0 radical (unpaired) electrons. The molecule has 0 bridgehead atoms. The van der Waals surface area contributed by atoms with Gasteiger partial charge in [-0.3, -0.25) is 4.90 Å². The van der Waals surface area contributed by atoms with E-state index in [1.807, 2.05) is 0 Å². The maximum absolute atomic E-state index is 6.04. The van der Waals surface area contributed by atoms with E-state index in [1.54, 1.807) is 0 Å². The standard InChI is InChI=1S/C15H32N2/c1-5-13(6-2)15(11-16)17(4)14-10-8-7-9-12(14)3/h12-15H,5-11,16H2,1-4H3. The average Bonchev–Trinajstić information content (AvgIpc) is 2.35. The third-order valence-corrected chi connectivity index (χ3v) is 4.95. The van der Waals surface area contributed by atoms with E-state index in [1.165, 1.54) is 38.5 Å². The molecule has 1 aliphatic carbocycles. The molecule has 1 fully saturated rings. The van der Waals surface area contributed by atoms with Gasteiger partial charge in [-0.2, -0.15) is 0 Å². The van der Waals surface area contributed by atoms with E-state index in [4.69, 9.17) is 5.73 Å². The largest absolute Gasteiger partial charge is 0.329 e. The summed E-state index contributed by atoms with van der Waals surface area (Å²) in [6, 6.07) is 1.34. The van der Waals surface area contributed by atoms with Crippen molar-refractivity contribution in [2.45, 2.75) is 71.4 Å². The number of likely N-dealkylation sites (N-methyl/N-ethyl adjacent to an activating group) is 1. The number of hydrogen-bond donors (Lipinski definition) is 1. The van der Waals surface area contributed by atoms with Gasteiger partial charge in [-0.25, -0.2) is 0 Å². The van der Waals surface area contributed by atoms with Crippen molar-refractivity contribution in [1.82, 2.24) is 4.90 Å². The van der Waals surface area contributed by atoms with Crippen molar-refractivity contribution in [3.05, 3.63) is 0 Å². The van der Waals surface area contributed by atoms with Gasteiger partial charge in [0.05, 0.1) is 0 Å². The summed E-state index contributed by atoms with van der Waals surface area (Å²) in [6.45, 7) is 7.83. The molecule has 0 spiro atoms. The number of nitrogens with zero attached hydrogens (tertiary/aromatic N) is 1. The molecule has 0 aromatic heterocycles. The Balaban J connectivity index is 2.66. The zero-order valence-electron chi connectivity index (χ0n) is 12.3. The average molecular weight is 240 g/mol. The van der Waals surface area contributed by atoms with Gasteiger partial charge in [0.15, 0.2) is 0 Å². The van der Waals surface area contributed by atoms with Crippen LogP contribution in [0.3, 0.4) is 0 Å². The molecule has 0 aliphatic heterocycles. The number of hydrogen-bond acceptors (Lipinski definition) is 2. The van der Waals surface area contributed by atoms with Crippen molar-refractivity contribution in [1.29, 1.82) is 0 Å². The lowest BCUT2D eigenvalue weighted by Crippen LogP contribution is -2.51.